The molecular formula is C22H25N3O3. The largest absolute Gasteiger partial charge is 0.494 e. The Bertz CT molecular complexity index is 998. The number of carboxylic acids is 1. The zero-order valence-corrected chi connectivity index (χ0v) is 15.3. The van der Waals surface area contributed by atoms with Gasteiger partial charge in [-0.1, -0.05) is 7.43 Å². The molecular weight excluding hydrogens is 354 g/mol. The minimum atomic E-state index is -0.965. The van der Waals surface area contributed by atoms with Crippen LogP contribution in [0.15, 0.2) is 48.7 Å². The fourth-order valence-electron chi connectivity index (χ4n) is 2.94. The molecule has 1 aromatic heterocycles. The fraction of sp³-hybridized carbons (Fsp3) is 0.273. The minimum Gasteiger partial charge on any atom is -0.494 e. The third-order valence-corrected chi connectivity index (χ3v) is 4.31. The average Bonchev–Trinajstić information content (AvgIpc) is 3.03. The fourth-order valence-corrected chi connectivity index (χ4v) is 2.94. The number of rotatable bonds is 7. The maximum absolute atomic E-state index is 11.0. The van der Waals surface area contributed by atoms with Gasteiger partial charge in [0.1, 0.15) is 11.8 Å². The molecule has 2 aromatic carbocycles. The molecule has 0 bridgehead atoms. The zero-order valence-electron chi connectivity index (χ0n) is 15.3. The molecule has 0 amide bonds. The summed E-state index contributed by atoms with van der Waals surface area (Å²) in [6.45, 7) is 1.57. The lowest BCUT2D eigenvalue weighted by atomic mass is 10.2. The summed E-state index contributed by atoms with van der Waals surface area (Å²) in [7, 11) is 4.05. The first-order valence-corrected chi connectivity index (χ1v) is 8.66. The van der Waals surface area contributed by atoms with Crippen LogP contribution >= 0.6 is 0 Å². The Hall–Kier alpha value is -3.30. The van der Waals surface area contributed by atoms with E-state index in [4.69, 9.17) is 9.84 Å². The molecule has 3 rings (SSSR count). The first kappa shape index (κ1) is 21.0. The molecule has 0 spiro atoms. The minimum absolute atomic E-state index is 0. The van der Waals surface area contributed by atoms with E-state index in [0.29, 0.717) is 12.2 Å². The third-order valence-electron chi connectivity index (χ3n) is 4.31. The second-order valence-corrected chi connectivity index (χ2v) is 6.56. The summed E-state index contributed by atoms with van der Waals surface area (Å²) in [5.74, 6) is -0.232. The van der Waals surface area contributed by atoms with Crippen molar-refractivity contribution in [2.75, 3.05) is 27.2 Å². The molecule has 1 heterocycles. The molecule has 146 valence electrons. The van der Waals surface area contributed by atoms with E-state index in [1.54, 1.807) is 30.5 Å². The van der Waals surface area contributed by atoms with E-state index < -0.39 is 5.97 Å². The molecule has 6 heteroatoms. The van der Waals surface area contributed by atoms with Gasteiger partial charge >= 0.3 is 5.97 Å². The highest BCUT2D eigenvalue weighted by Crippen LogP contribution is 2.28. The number of nitrogens with zero attached hydrogens (tertiary/aromatic N) is 3. The second kappa shape index (κ2) is 9.07. The van der Waals surface area contributed by atoms with Gasteiger partial charge in [-0.15, -0.1) is 0 Å². The first-order chi connectivity index (χ1) is 13.0. The average molecular weight is 379 g/mol. The first-order valence-electron chi connectivity index (χ1n) is 8.66. The summed E-state index contributed by atoms with van der Waals surface area (Å²) in [5, 5.41) is 19.3. The van der Waals surface area contributed by atoms with Gasteiger partial charge in [0.05, 0.1) is 23.3 Å². The molecule has 0 aliphatic heterocycles. The summed E-state index contributed by atoms with van der Waals surface area (Å²) >= 11 is 0. The van der Waals surface area contributed by atoms with Crippen LogP contribution in [-0.2, 0) is 0 Å². The van der Waals surface area contributed by atoms with Crippen molar-refractivity contribution in [2.45, 2.75) is 13.8 Å². The van der Waals surface area contributed by atoms with E-state index in [1.807, 2.05) is 36.9 Å². The van der Waals surface area contributed by atoms with Crippen molar-refractivity contribution in [3.05, 3.63) is 59.8 Å². The molecule has 0 atom stereocenters. The van der Waals surface area contributed by atoms with E-state index in [0.717, 1.165) is 35.3 Å². The Morgan fingerprint density at radius 3 is 2.54 bits per heavy atom. The van der Waals surface area contributed by atoms with Crippen LogP contribution in [0.1, 0.15) is 29.8 Å². The molecule has 28 heavy (non-hydrogen) atoms. The van der Waals surface area contributed by atoms with Crippen LogP contribution in [0, 0.1) is 11.3 Å². The molecule has 0 fully saturated rings. The number of hydrogen-bond acceptors (Lipinski definition) is 4. The van der Waals surface area contributed by atoms with Crippen molar-refractivity contribution in [2.24, 2.45) is 0 Å². The summed E-state index contributed by atoms with van der Waals surface area (Å²) in [6, 6.07) is 14.5. The van der Waals surface area contributed by atoms with Gasteiger partial charge in [0, 0.05) is 23.8 Å². The number of benzene rings is 2. The summed E-state index contributed by atoms with van der Waals surface area (Å²) < 4.78 is 7.69. The smallest absolute Gasteiger partial charge is 0.335 e. The Morgan fingerprint density at radius 1 is 1.21 bits per heavy atom. The van der Waals surface area contributed by atoms with E-state index in [-0.39, 0.29) is 13.0 Å². The zero-order chi connectivity index (χ0) is 19.4. The predicted octanol–water partition coefficient (Wildman–Crippen LogP) is 4.17. The van der Waals surface area contributed by atoms with Crippen LogP contribution in [-0.4, -0.2) is 47.8 Å². The monoisotopic (exact) mass is 379 g/mol. The summed E-state index contributed by atoms with van der Waals surface area (Å²) in [5.41, 5.74) is 2.44. The molecule has 0 radical (unpaired) electrons. The number of aromatic carboxylic acids is 1. The topological polar surface area (TPSA) is 78.5 Å². The van der Waals surface area contributed by atoms with Crippen molar-refractivity contribution in [3.8, 4) is 17.5 Å². The van der Waals surface area contributed by atoms with Gasteiger partial charge in [0.15, 0.2) is 0 Å². The lowest BCUT2D eigenvalue weighted by Crippen LogP contribution is -2.15. The van der Waals surface area contributed by atoms with Gasteiger partial charge in [-0.2, -0.15) is 5.26 Å². The summed E-state index contributed by atoms with van der Waals surface area (Å²) in [4.78, 5) is 13.1. The van der Waals surface area contributed by atoms with Crippen molar-refractivity contribution in [1.29, 1.82) is 5.26 Å². The molecule has 1 N–H and O–H groups in total. The lowest BCUT2D eigenvalue weighted by molar-refractivity contribution is 0.0697. The molecule has 0 saturated heterocycles. The molecule has 0 unspecified atom stereocenters. The van der Waals surface area contributed by atoms with Gasteiger partial charge in [-0.25, -0.2) is 4.79 Å². The Balaban J connectivity index is 0.00000280. The Morgan fingerprint density at radius 2 is 1.93 bits per heavy atom. The number of hydrogen-bond donors (Lipinski definition) is 1. The lowest BCUT2D eigenvalue weighted by Gasteiger charge is -2.11. The number of ether oxygens (including phenoxy) is 1. The van der Waals surface area contributed by atoms with E-state index >= 15 is 0 Å². The normalized spacial score (nSPS) is 10.5. The van der Waals surface area contributed by atoms with Crippen LogP contribution in [0.2, 0.25) is 0 Å². The quantitative estimate of drug-likeness (QED) is 0.624. The molecule has 0 aliphatic rings. The highest BCUT2D eigenvalue weighted by Gasteiger charge is 2.12. The highest BCUT2D eigenvalue weighted by molar-refractivity contribution is 5.90. The number of nitriles is 1. The number of aromatic nitrogens is 1. The second-order valence-electron chi connectivity index (χ2n) is 6.56. The van der Waals surface area contributed by atoms with Gasteiger partial charge in [-0.3, -0.25) is 0 Å². The van der Waals surface area contributed by atoms with Crippen LogP contribution < -0.4 is 4.74 Å². The Kier molecular flexibility index (Phi) is 6.80. The van der Waals surface area contributed by atoms with Gasteiger partial charge < -0.3 is 19.3 Å². The SMILES string of the molecule is C.CN(C)CCCOc1ccc2c(c1)c(C#N)cn2-c1ccc(C(=O)O)cc1. The number of carboxylic acid groups (broad SMARTS) is 1. The number of fused-ring (bicyclic) bond motifs is 1. The van der Waals surface area contributed by atoms with E-state index in [2.05, 4.69) is 11.0 Å². The molecule has 6 nitrogen and oxygen atoms in total. The summed E-state index contributed by atoms with van der Waals surface area (Å²) in [6.07, 6.45) is 2.68. The van der Waals surface area contributed by atoms with Crippen LogP contribution in [0.4, 0.5) is 0 Å². The Labute approximate surface area is 165 Å². The van der Waals surface area contributed by atoms with Crippen molar-refractivity contribution in [3.63, 3.8) is 0 Å². The van der Waals surface area contributed by atoms with Crippen molar-refractivity contribution < 1.29 is 14.6 Å². The van der Waals surface area contributed by atoms with Crippen LogP contribution in [0.25, 0.3) is 16.6 Å². The molecule has 3 aromatic rings. The standard InChI is InChI=1S/C21H21N3O3.CH4/c1-23(2)10-3-11-27-18-8-9-20-19(12-18)16(13-22)14-24(20)17-6-4-15(5-7-17)21(25)26;/h4-9,12,14H,3,10-11H2,1-2H3,(H,25,26);1H4. The van der Waals surface area contributed by atoms with Gasteiger partial charge in [0.2, 0.25) is 0 Å². The van der Waals surface area contributed by atoms with Crippen molar-refractivity contribution in [1.82, 2.24) is 9.47 Å². The third kappa shape index (κ3) is 4.51. The van der Waals surface area contributed by atoms with Crippen LogP contribution in [0.5, 0.6) is 5.75 Å². The van der Waals surface area contributed by atoms with Crippen molar-refractivity contribution >= 4 is 16.9 Å². The maximum atomic E-state index is 11.0. The van der Waals surface area contributed by atoms with Gasteiger partial charge in [-0.05, 0) is 63.0 Å². The van der Waals surface area contributed by atoms with E-state index in [1.165, 1.54) is 0 Å². The van der Waals surface area contributed by atoms with Gasteiger partial charge in [0.25, 0.3) is 0 Å². The predicted molar refractivity (Wildman–Crippen MR) is 110 cm³/mol. The van der Waals surface area contributed by atoms with Crippen LogP contribution in [0.3, 0.4) is 0 Å². The highest BCUT2D eigenvalue weighted by atomic mass is 16.5. The maximum Gasteiger partial charge on any atom is 0.335 e. The number of carbonyl (C=O) groups is 1. The molecule has 0 saturated carbocycles. The molecule has 0 aliphatic carbocycles. The van der Waals surface area contributed by atoms with E-state index in [9.17, 15) is 10.1 Å².